The first kappa shape index (κ1) is 9.20. The molecule has 2 fully saturated rings. The van der Waals surface area contributed by atoms with E-state index in [4.69, 9.17) is 5.73 Å². The van der Waals surface area contributed by atoms with Crippen LogP contribution in [0.5, 0.6) is 0 Å². The van der Waals surface area contributed by atoms with Crippen LogP contribution in [0.25, 0.3) is 0 Å². The lowest BCUT2D eigenvalue weighted by Gasteiger charge is -2.13. The Morgan fingerprint density at radius 1 is 1.18 bits per heavy atom. The Kier molecular flexibility index (Phi) is 2.14. The summed E-state index contributed by atoms with van der Waals surface area (Å²) in [5.41, 5.74) is 5.54. The normalized spacial score (nSPS) is 45.5. The summed E-state index contributed by atoms with van der Waals surface area (Å²) < 4.78 is 25.2. The first-order valence-corrected chi connectivity index (χ1v) is 3.75. The Hall–Kier alpha value is 0.110. The molecule has 0 bridgehead atoms. The summed E-state index contributed by atoms with van der Waals surface area (Å²) in [4.78, 5) is 0. The minimum Gasteiger partial charge on any atom is -0.328 e. The van der Waals surface area contributed by atoms with E-state index in [0.29, 0.717) is 12.8 Å². The molecule has 4 heteroatoms. The molecule has 0 saturated heterocycles. The van der Waals surface area contributed by atoms with Crippen molar-refractivity contribution in [2.75, 3.05) is 0 Å². The van der Waals surface area contributed by atoms with Crippen molar-refractivity contribution in [3.8, 4) is 0 Å². The van der Waals surface area contributed by atoms with E-state index in [2.05, 4.69) is 0 Å². The first-order valence-electron chi connectivity index (χ1n) is 3.75. The molecule has 0 amide bonds. The van der Waals surface area contributed by atoms with E-state index < -0.39 is 5.92 Å². The average molecular weight is 184 g/mol. The molecule has 0 aromatic rings. The standard InChI is InChI=1S/C7H11F2N.ClH/c8-7(9)5-2-1-4(10)3-6(5)7;/h4-6H,1-3,10H2;1H/t4-,5-,6+;/m1./s1. The first-order chi connectivity index (χ1) is 4.62. The summed E-state index contributed by atoms with van der Waals surface area (Å²) in [5.74, 6) is -3.03. The minimum absolute atomic E-state index is 0. The van der Waals surface area contributed by atoms with E-state index in [-0.39, 0.29) is 30.3 Å². The molecule has 2 aliphatic carbocycles. The summed E-state index contributed by atoms with van der Waals surface area (Å²) in [6.45, 7) is 0. The second-order valence-corrected chi connectivity index (χ2v) is 3.46. The molecule has 66 valence electrons. The SMILES string of the molecule is Cl.N[C@@H]1CC[C@@H]2[C@H](C1)C2(F)F. The molecule has 3 atom stereocenters. The van der Waals surface area contributed by atoms with Gasteiger partial charge in [0.15, 0.2) is 0 Å². The predicted molar refractivity (Wildman–Crippen MR) is 41.0 cm³/mol. The fraction of sp³-hybridized carbons (Fsp3) is 1.00. The van der Waals surface area contributed by atoms with Crippen molar-refractivity contribution < 1.29 is 8.78 Å². The maximum absolute atomic E-state index is 12.6. The van der Waals surface area contributed by atoms with Gasteiger partial charge in [-0.15, -0.1) is 12.4 Å². The largest absolute Gasteiger partial charge is 0.328 e. The van der Waals surface area contributed by atoms with Gasteiger partial charge in [0.05, 0.1) is 0 Å². The van der Waals surface area contributed by atoms with Crippen molar-refractivity contribution in [3.05, 3.63) is 0 Å². The van der Waals surface area contributed by atoms with E-state index in [9.17, 15) is 8.78 Å². The molecule has 0 radical (unpaired) electrons. The highest BCUT2D eigenvalue weighted by atomic mass is 35.5. The summed E-state index contributed by atoms with van der Waals surface area (Å²) >= 11 is 0. The summed E-state index contributed by atoms with van der Waals surface area (Å²) in [5, 5.41) is 0. The molecule has 1 nitrogen and oxygen atoms in total. The van der Waals surface area contributed by atoms with Crippen LogP contribution in [0.1, 0.15) is 19.3 Å². The van der Waals surface area contributed by atoms with Gasteiger partial charge in [0.25, 0.3) is 5.92 Å². The van der Waals surface area contributed by atoms with Crippen molar-refractivity contribution in [1.29, 1.82) is 0 Å². The van der Waals surface area contributed by atoms with Gasteiger partial charge in [-0.25, -0.2) is 8.78 Å². The van der Waals surface area contributed by atoms with E-state index in [1.807, 2.05) is 0 Å². The maximum atomic E-state index is 12.6. The van der Waals surface area contributed by atoms with E-state index in [1.54, 1.807) is 0 Å². The molecule has 0 aromatic heterocycles. The van der Waals surface area contributed by atoms with Crippen LogP contribution in [0.15, 0.2) is 0 Å². The Bertz CT molecular complexity index is 163. The predicted octanol–water partition coefficient (Wildman–Crippen LogP) is 1.80. The van der Waals surface area contributed by atoms with Crippen LogP contribution in [-0.4, -0.2) is 12.0 Å². The number of nitrogens with two attached hydrogens (primary N) is 1. The van der Waals surface area contributed by atoms with Crippen molar-refractivity contribution in [1.82, 2.24) is 0 Å². The fourth-order valence-electron chi connectivity index (χ4n) is 2.01. The number of hydrogen-bond donors (Lipinski definition) is 1. The lowest BCUT2D eigenvalue weighted by atomic mass is 9.97. The van der Waals surface area contributed by atoms with Gasteiger partial charge in [0.2, 0.25) is 0 Å². The van der Waals surface area contributed by atoms with Crippen LogP contribution in [0.4, 0.5) is 8.78 Å². The zero-order chi connectivity index (χ0) is 7.35. The molecule has 0 aromatic carbocycles. The Morgan fingerprint density at radius 2 is 1.82 bits per heavy atom. The van der Waals surface area contributed by atoms with E-state index in [1.165, 1.54) is 0 Å². The lowest BCUT2D eigenvalue weighted by Crippen LogP contribution is -2.23. The number of halogens is 3. The zero-order valence-electron chi connectivity index (χ0n) is 6.09. The van der Waals surface area contributed by atoms with Crippen LogP contribution >= 0.6 is 12.4 Å². The molecule has 2 N–H and O–H groups in total. The second kappa shape index (κ2) is 2.56. The number of fused-ring (bicyclic) bond motifs is 1. The van der Waals surface area contributed by atoms with Crippen LogP contribution in [0, 0.1) is 11.8 Å². The number of alkyl halides is 2. The van der Waals surface area contributed by atoms with E-state index in [0.717, 1.165) is 6.42 Å². The van der Waals surface area contributed by atoms with Gasteiger partial charge >= 0.3 is 0 Å². The highest BCUT2D eigenvalue weighted by Crippen LogP contribution is 2.61. The molecule has 0 heterocycles. The van der Waals surface area contributed by atoms with Gasteiger partial charge < -0.3 is 5.73 Å². The molecule has 11 heavy (non-hydrogen) atoms. The lowest BCUT2D eigenvalue weighted by molar-refractivity contribution is 0.0848. The van der Waals surface area contributed by atoms with Gasteiger partial charge in [-0.1, -0.05) is 0 Å². The molecule has 2 aliphatic rings. The summed E-state index contributed by atoms with van der Waals surface area (Å²) in [7, 11) is 0. The third-order valence-corrected chi connectivity index (χ3v) is 2.77. The molecular formula is C7H12ClF2N. The van der Waals surface area contributed by atoms with Gasteiger partial charge in [0.1, 0.15) is 0 Å². The maximum Gasteiger partial charge on any atom is 0.254 e. The van der Waals surface area contributed by atoms with Gasteiger partial charge in [-0.3, -0.25) is 0 Å². The van der Waals surface area contributed by atoms with Crippen molar-refractivity contribution in [2.45, 2.75) is 31.2 Å². The summed E-state index contributed by atoms with van der Waals surface area (Å²) in [6, 6.07) is 0.0367. The quantitative estimate of drug-likeness (QED) is 0.609. The van der Waals surface area contributed by atoms with Crippen LogP contribution in [0.3, 0.4) is 0 Å². The zero-order valence-corrected chi connectivity index (χ0v) is 6.91. The van der Waals surface area contributed by atoms with Crippen LogP contribution < -0.4 is 5.73 Å². The number of rotatable bonds is 0. The molecule has 2 saturated carbocycles. The Labute approximate surface area is 70.7 Å². The van der Waals surface area contributed by atoms with Crippen molar-refractivity contribution in [2.24, 2.45) is 17.6 Å². The molecule has 0 spiro atoms. The Balaban J connectivity index is 0.000000605. The van der Waals surface area contributed by atoms with Crippen LogP contribution in [0.2, 0.25) is 0 Å². The highest BCUT2D eigenvalue weighted by molar-refractivity contribution is 5.85. The highest BCUT2D eigenvalue weighted by Gasteiger charge is 2.68. The molecule has 0 aliphatic heterocycles. The fourth-order valence-corrected chi connectivity index (χ4v) is 2.01. The van der Waals surface area contributed by atoms with Crippen molar-refractivity contribution >= 4 is 12.4 Å². The van der Waals surface area contributed by atoms with E-state index >= 15 is 0 Å². The second-order valence-electron chi connectivity index (χ2n) is 3.46. The molecular weight excluding hydrogens is 172 g/mol. The molecule has 2 rings (SSSR count). The van der Waals surface area contributed by atoms with Gasteiger partial charge in [-0.2, -0.15) is 0 Å². The smallest absolute Gasteiger partial charge is 0.254 e. The van der Waals surface area contributed by atoms with Crippen molar-refractivity contribution in [3.63, 3.8) is 0 Å². The summed E-state index contributed by atoms with van der Waals surface area (Å²) in [6.07, 6.45) is 1.97. The van der Waals surface area contributed by atoms with Gasteiger partial charge in [0, 0.05) is 17.9 Å². The average Bonchev–Trinajstić information content (AvgIpc) is 2.36. The topological polar surface area (TPSA) is 26.0 Å². The Morgan fingerprint density at radius 3 is 2.27 bits per heavy atom. The number of hydrogen-bond acceptors (Lipinski definition) is 1. The minimum atomic E-state index is -2.35. The third kappa shape index (κ3) is 1.25. The third-order valence-electron chi connectivity index (χ3n) is 2.77. The monoisotopic (exact) mass is 183 g/mol. The molecule has 0 unspecified atom stereocenters. The van der Waals surface area contributed by atoms with Crippen LogP contribution in [-0.2, 0) is 0 Å². The van der Waals surface area contributed by atoms with Gasteiger partial charge in [-0.05, 0) is 19.3 Å².